The maximum atomic E-state index is 2.14. The van der Waals surface area contributed by atoms with E-state index in [9.17, 15) is 0 Å². The molecule has 0 saturated heterocycles. The van der Waals surface area contributed by atoms with Crippen molar-refractivity contribution in [1.82, 2.24) is 2.89 Å². The number of nitrogens with zero attached hydrogens (tertiary/aromatic N) is 1. The average Bonchev–Trinajstić information content (AvgIpc) is 0.811. The summed E-state index contributed by atoms with van der Waals surface area (Å²) in [5.74, 6) is 0. The first kappa shape index (κ1) is 4.83. The van der Waals surface area contributed by atoms with Crippen LogP contribution in [0.15, 0.2) is 0 Å². The first-order valence-electron chi connectivity index (χ1n) is 1.12. The predicted molar refractivity (Wildman–Crippen MR) is 13.7 cm³/mol. The van der Waals surface area contributed by atoms with Crippen LogP contribution in [0.3, 0.4) is 0 Å². The van der Waals surface area contributed by atoms with Gasteiger partial charge in [0, 0.05) is 0 Å². The summed E-state index contributed by atoms with van der Waals surface area (Å²) in [6.07, 6.45) is 0. The second-order valence-corrected chi connectivity index (χ2v) is 4.11. The monoisotopic (exact) mass is 224 g/mol. The zero-order chi connectivity index (χ0) is 3.58. The molecule has 0 aromatic rings. The zero-order valence-corrected chi connectivity index (χ0v) is 6.54. The number of hydrogen-bond acceptors (Lipinski definition) is 1. The second-order valence-electron chi connectivity index (χ2n) is 0.894. The molecule has 0 spiro atoms. The molecule has 0 aliphatic heterocycles. The van der Waals surface area contributed by atoms with E-state index in [0.717, 1.165) is 0 Å². The summed E-state index contributed by atoms with van der Waals surface area (Å²) in [5, 5.41) is 0. The van der Waals surface area contributed by atoms with Crippen LogP contribution in [0.25, 0.3) is 0 Å². The fourth-order valence-corrected chi connectivity index (χ4v) is 0. The molecule has 4 heavy (non-hydrogen) atoms. The van der Waals surface area contributed by atoms with Gasteiger partial charge < -0.3 is 0 Å². The van der Waals surface area contributed by atoms with Gasteiger partial charge in [-0.25, -0.2) is 0 Å². The van der Waals surface area contributed by atoms with E-state index in [1.54, 1.807) is 0 Å². The van der Waals surface area contributed by atoms with Crippen molar-refractivity contribution in [2.45, 2.75) is 0 Å². The van der Waals surface area contributed by atoms with Gasteiger partial charge in [0.05, 0.1) is 0 Å². The standard InChI is InChI=1S/C2H6N.Hf/c1-3-2;/h1-2H3;/q-1;+4. The predicted octanol–water partition coefficient (Wildman–Crippen LogP) is 0.00980. The van der Waals surface area contributed by atoms with Gasteiger partial charge in [-0.1, -0.05) is 0 Å². The molecule has 0 amide bonds. The molecule has 0 aromatic carbocycles. The first-order valence-corrected chi connectivity index (χ1v) is 2.72. The summed E-state index contributed by atoms with van der Waals surface area (Å²) in [6, 6.07) is 0. The van der Waals surface area contributed by atoms with E-state index >= 15 is 0 Å². The minimum atomic E-state index is 1.18. The van der Waals surface area contributed by atoms with Crippen molar-refractivity contribution in [3.8, 4) is 0 Å². The molecule has 0 bridgehead atoms. The topological polar surface area (TPSA) is 3.24 Å². The fourth-order valence-electron chi connectivity index (χ4n) is 0. The van der Waals surface area contributed by atoms with Gasteiger partial charge in [-0.15, -0.1) is 0 Å². The number of hydrogen-bond donors (Lipinski definition) is 0. The van der Waals surface area contributed by atoms with Crippen molar-refractivity contribution >= 4 is 0 Å². The molecule has 0 rings (SSSR count). The molecule has 0 saturated carbocycles. The normalized spacial score (nSPS) is 9.25. The van der Waals surface area contributed by atoms with Crippen LogP contribution in [0.2, 0.25) is 0 Å². The molecule has 0 fully saturated rings. The Morgan fingerprint density at radius 2 is 1.50 bits per heavy atom. The third kappa shape index (κ3) is 13.8. The van der Waals surface area contributed by atoms with Crippen LogP contribution in [0.1, 0.15) is 0 Å². The summed E-state index contributed by atoms with van der Waals surface area (Å²) in [6.45, 7) is 0. The SMILES string of the molecule is C[N](C)[Hf+3]. The van der Waals surface area contributed by atoms with Gasteiger partial charge >= 0.3 is 41.6 Å². The van der Waals surface area contributed by atoms with E-state index in [4.69, 9.17) is 0 Å². The Balaban J connectivity index is 2.32. The second kappa shape index (κ2) is 2.09. The maximum absolute atomic E-state index is 2.14. The third-order valence-electron chi connectivity index (χ3n) is 0. The van der Waals surface area contributed by atoms with Crippen LogP contribution in [-0.2, 0) is 24.7 Å². The Labute approximate surface area is 42.0 Å². The van der Waals surface area contributed by atoms with Crippen molar-refractivity contribution in [2.24, 2.45) is 0 Å². The van der Waals surface area contributed by atoms with Gasteiger partial charge in [0.2, 0.25) is 0 Å². The van der Waals surface area contributed by atoms with Crippen LogP contribution in [0.5, 0.6) is 0 Å². The fraction of sp³-hybridized carbons (Fsp3) is 1.00. The van der Waals surface area contributed by atoms with Gasteiger partial charge in [-0.2, -0.15) is 0 Å². The molecule has 0 aliphatic rings. The van der Waals surface area contributed by atoms with Crippen LogP contribution in [0.4, 0.5) is 0 Å². The van der Waals surface area contributed by atoms with E-state index in [0.29, 0.717) is 0 Å². The molecule has 20 valence electrons. The van der Waals surface area contributed by atoms with Crippen LogP contribution in [0, 0.1) is 0 Å². The minimum absolute atomic E-state index is 1.18. The Morgan fingerprint density at radius 1 is 1.50 bits per heavy atom. The molecule has 0 N–H and O–H groups in total. The Bertz CT molecular complexity index is 10.8. The van der Waals surface area contributed by atoms with E-state index in [-0.39, 0.29) is 0 Å². The molecule has 0 heterocycles. The van der Waals surface area contributed by atoms with Gasteiger partial charge in [0.1, 0.15) is 0 Å². The van der Waals surface area contributed by atoms with Crippen molar-refractivity contribution in [3.63, 3.8) is 0 Å². The van der Waals surface area contributed by atoms with Crippen molar-refractivity contribution in [2.75, 3.05) is 14.1 Å². The van der Waals surface area contributed by atoms with E-state index in [2.05, 4.69) is 17.0 Å². The summed E-state index contributed by atoms with van der Waals surface area (Å²) in [7, 11) is 4.12. The van der Waals surface area contributed by atoms with Crippen LogP contribution in [-0.4, -0.2) is 17.0 Å². The van der Waals surface area contributed by atoms with Crippen LogP contribution < -0.4 is 0 Å². The van der Waals surface area contributed by atoms with Crippen LogP contribution >= 0.6 is 0 Å². The zero-order valence-electron chi connectivity index (χ0n) is 2.95. The summed E-state index contributed by atoms with van der Waals surface area (Å²) in [4.78, 5) is 0. The van der Waals surface area contributed by atoms with E-state index < -0.39 is 0 Å². The summed E-state index contributed by atoms with van der Waals surface area (Å²) < 4.78 is 2.14. The van der Waals surface area contributed by atoms with Gasteiger partial charge in [-0.05, 0) is 0 Å². The molecule has 2 heteroatoms. The molecular formula is C2H6HfN+3. The van der Waals surface area contributed by atoms with E-state index in [1.807, 2.05) is 0 Å². The molecule has 0 radical (unpaired) electrons. The molecule has 0 unspecified atom stereocenters. The van der Waals surface area contributed by atoms with Gasteiger partial charge in [0.25, 0.3) is 0 Å². The Morgan fingerprint density at radius 3 is 1.50 bits per heavy atom. The quantitative estimate of drug-likeness (QED) is 0.522. The molecule has 0 aromatic heterocycles. The number of rotatable bonds is 0. The molecule has 0 aliphatic carbocycles. The summed E-state index contributed by atoms with van der Waals surface area (Å²) >= 11 is 1.18. The first-order chi connectivity index (χ1) is 1.73. The van der Waals surface area contributed by atoms with Crippen molar-refractivity contribution in [1.29, 1.82) is 0 Å². The van der Waals surface area contributed by atoms with E-state index in [1.165, 1.54) is 24.7 Å². The van der Waals surface area contributed by atoms with Crippen molar-refractivity contribution in [3.05, 3.63) is 0 Å². The molecule has 0 atom stereocenters. The van der Waals surface area contributed by atoms with Gasteiger partial charge in [0.15, 0.2) is 0 Å². The molecule has 1 nitrogen and oxygen atoms in total. The Kier molecular flexibility index (Phi) is 2.53. The summed E-state index contributed by atoms with van der Waals surface area (Å²) in [5.41, 5.74) is 0. The third-order valence-corrected chi connectivity index (χ3v) is 0. The van der Waals surface area contributed by atoms with Gasteiger partial charge in [-0.3, -0.25) is 0 Å². The molecular weight excluding hydrogens is 217 g/mol. The average molecular weight is 223 g/mol. The van der Waals surface area contributed by atoms with Crippen molar-refractivity contribution < 1.29 is 24.7 Å². The Hall–Kier alpha value is 0.830.